The van der Waals surface area contributed by atoms with E-state index in [0.717, 1.165) is 30.3 Å². The molecule has 1 fully saturated rings. The number of rotatable bonds is 4. The topological polar surface area (TPSA) is 46.2 Å². The van der Waals surface area contributed by atoms with Crippen molar-refractivity contribution in [3.8, 4) is 0 Å². The normalized spacial score (nSPS) is 17.6. The smallest absolute Gasteiger partial charge is 0.176 e. The Kier molecular flexibility index (Phi) is 4.92. The molecule has 0 aromatic heterocycles. The number of nitrogens with one attached hydrogen (secondary N) is 1. The van der Waals surface area contributed by atoms with Gasteiger partial charge in [0, 0.05) is 11.2 Å². The fraction of sp³-hybridized carbons (Fsp3) is 0.571. The molecule has 0 atom stereocenters. The maximum atomic E-state index is 11.7. The summed E-state index contributed by atoms with van der Waals surface area (Å²) in [7, 11) is -3.13. The Morgan fingerprint density at radius 3 is 2.58 bits per heavy atom. The summed E-state index contributed by atoms with van der Waals surface area (Å²) in [5.74, 6) is 0.722. The molecule has 19 heavy (non-hydrogen) atoms. The third-order valence-corrected chi connectivity index (χ3v) is 5.67. The first-order valence-electron chi connectivity index (χ1n) is 6.58. The average Bonchev–Trinajstić information content (AvgIpc) is 2.38. The van der Waals surface area contributed by atoms with E-state index in [1.165, 1.54) is 36.4 Å². The van der Waals surface area contributed by atoms with E-state index < -0.39 is 9.84 Å². The Morgan fingerprint density at radius 2 is 2.00 bits per heavy atom. The van der Waals surface area contributed by atoms with Gasteiger partial charge in [-0.25, -0.2) is 8.42 Å². The van der Waals surface area contributed by atoms with E-state index >= 15 is 0 Å². The summed E-state index contributed by atoms with van der Waals surface area (Å²) >= 11 is 1.51. The van der Waals surface area contributed by atoms with Crippen LogP contribution < -0.4 is 5.32 Å². The lowest BCUT2D eigenvalue weighted by molar-refractivity contribution is 0.372. The lowest BCUT2D eigenvalue weighted by Gasteiger charge is -2.22. The molecule has 0 amide bonds. The molecule has 0 bridgehead atoms. The Labute approximate surface area is 120 Å². The molecular formula is C14H21NO2S2. The summed E-state index contributed by atoms with van der Waals surface area (Å²) in [5, 5.41) is 3.37. The van der Waals surface area contributed by atoms with E-state index in [1.807, 2.05) is 18.4 Å². The van der Waals surface area contributed by atoms with Crippen LogP contribution in [0.5, 0.6) is 0 Å². The van der Waals surface area contributed by atoms with E-state index in [9.17, 15) is 8.42 Å². The molecule has 1 aromatic rings. The van der Waals surface area contributed by atoms with Crippen LogP contribution in [0.25, 0.3) is 0 Å². The van der Waals surface area contributed by atoms with Gasteiger partial charge in [0.1, 0.15) is 0 Å². The van der Waals surface area contributed by atoms with Crippen LogP contribution in [0.1, 0.15) is 18.4 Å². The summed E-state index contributed by atoms with van der Waals surface area (Å²) in [6.07, 6.45) is 6.68. The predicted octanol–water partition coefficient (Wildman–Crippen LogP) is 2.35. The molecule has 0 spiro atoms. The first kappa shape index (κ1) is 14.9. The molecule has 1 aliphatic rings. The summed E-state index contributed by atoms with van der Waals surface area (Å²) in [5.41, 5.74) is 1.25. The van der Waals surface area contributed by atoms with Gasteiger partial charge >= 0.3 is 0 Å². The highest BCUT2D eigenvalue weighted by atomic mass is 32.2. The predicted molar refractivity (Wildman–Crippen MR) is 80.6 cm³/mol. The first-order valence-corrected chi connectivity index (χ1v) is 9.70. The zero-order valence-electron chi connectivity index (χ0n) is 11.5. The molecule has 1 aromatic carbocycles. The highest BCUT2D eigenvalue weighted by Gasteiger charge is 2.16. The highest BCUT2D eigenvalue weighted by molar-refractivity contribution is 7.99. The SMILES string of the molecule is CSc1cc(CC2CCNCC2)ccc1S(C)(=O)=O. The molecule has 1 heterocycles. The summed E-state index contributed by atoms with van der Waals surface area (Å²) < 4.78 is 23.4. The van der Waals surface area contributed by atoms with Crippen molar-refractivity contribution in [2.24, 2.45) is 5.92 Å². The monoisotopic (exact) mass is 299 g/mol. The number of benzene rings is 1. The Hall–Kier alpha value is -0.520. The lowest BCUT2D eigenvalue weighted by Crippen LogP contribution is -2.28. The van der Waals surface area contributed by atoms with Crippen molar-refractivity contribution < 1.29 is 8.42 Å². The third kappa shape index (κ3) is 3.97. The van der Waals surface area contributed by atoms with Crippen molar-refractivity contribution in [1.82, 2.24) is 5.32 Å². The van der Waals surface area contributed by atoms with E-state index in [0.29, 0.717) is 4.90 Å². The molecule has 0 unspecified atom stereocenters. The van der Waals surface area contributed by atoms with Crippen LogP contribution in [0, 0.1) is 5.92 Å². The standard InChI is InChI=1S/C14H21NO2S2/c1-18-13-10-12(3-4-14(13)19(2,16)17)9-11-5-7-15-8-6-11/h3-4,10-11,15H,5-9H2,1-2H3. The molecule has 5 heteroatoms. The van der Waals surface area contributed by atoms with Crippen molar-refractivity contribution in [2.75, 3.05) is 25.6 Å². The summed E-state index contributed by atoms with van der Waals surface area (Å²) in [6.45, 7) is 2.20. The first-order chi connectivity index (χ1) is 9.00. The molecule has 1 N–H and O–H groups in total. The van der Waals surface area contributed by atoms with Crippen molar-refractivity contribution in [3.63, 3.8) is 0 Å². The number of hydrogen-bond donors (Lipinski definition) is 1. The van der Waals surface area contributed by atoms with Crippen LogP contribution in [-0.2, 0) is 16.3 Å². The quantitative estimate of drug-likeness (QED) is 0.867. The number of sulfone groups is 1. The van der Waals surface area contributed by atoms with Crippen LogP contribution in [0.3, 0.4) is 0 Å². The largest absolute Gasteiger partial charge is 0.317 e. The molecule has 106 valence electrons. The molecule has 1 saturated heterocycles. The molecule has 0 saturated carbocycles. The molecule has 0 aliphatic carbocycles. The number of piperidine rings is 1. The second kappa shape index (κ2) is 6.29. The molecule has 3 nitrogen and oxygen atoms in total. The van der Waals surface area contributed by atoms with Gasteiger partial charge in [-0.05, 0) is 62.2 Å². The molecule has 1 aliphatic heterocycles. The Balaban J connectivity index is 2.19. The zero-order valence-corrected chi connectivity index (χ0v) is 13.1. The van der Waals surface area contributed by atoms with E-state index in [4.69, 9.17) is 0 Å². The van der Waals surface area contributed by atoms with Crippen molar-refractivity contribution in [1.29, 1.82) is 0 Å². The third-order valence-electron chi connectivity index (χ3n) is 3.61. The van der Waals surface area contributed by atoms with Gasteiger partial charge in [0.05, 0.1) is 4.90 Å². The van der Waals surface area contributed by atoms with Crippen LogP contribution in [0.4, 0.5) is 0 Å². The van der Waals surface area contributed by atoms with Gasteiger partial charge in [-0.1, -0.05) is 6.07 Å². The van der Waals surface area contributed by atoms with Crippen LogP contribution in [-0.4, -0.2) is 34.0 Å². The fourth-order valence-corrected chi connectivity index (χ4v) is 4.55. The average molecular weight is 299 g/mol. The lowest BCUT2D eigenvalue weighted by atomic mass is 9.91. The molecule has 0 radical (unpaired) electrons. The zero-order chi connectivity index (χ0) is 13.9. The van der Waals surface area contributed by atoms with Gasteiger partial charge in [-0.2, -0.15) is 0 Å². The minimum absolute atomic E-state index is 0.453. The van der Waals surface area contributed by atoms with E-state index in [2.05, 4.69) is 5.32 Å². The van der Waals surface area contributed by atoms with Crippen LogP contribution >= 0.6 is 11.8 Å². The van der Waals surface area contributed by atoms with Crippen molar-refractivity contribution in [2.45, 2.75) is 29.1 Å². The highest BCUT2D eigenvalue weighted by Crippen LogP contribution is 2.28. The van der Waals surface area contributed by atoms with Crippen molar-refractivity contribution in [3.05, 3.63) is 23.8 Å². The van der Waals surface area contributed by atoms with Gasteiger partial charge in [0.2, 0.25) is 0 Å². The van der Waals surface area contributed by atoms with Gasteiger partial charge < -0.3 is 5.32 Å². The van der Waals surface area contributed by atoms with Gasteiger partial charge in [0.15, 0.2) is 9.84 Å². The van der Waals surface area contributed by atoms with Crippen molar-refractivity contribution >= 4 is 21.6 Å². The molecule has 2 rings (SSSR count). The number of hydrogen-bond acceptors (Lipinski definition) is 4. The minimum atomic E-state index is -3.13. The summed E-state index contributed by atoms with van der Waals surface area (Å²) in [6, 6.07) is 5.78. The van der Waals surface area contributed by atoms with Gasteiger partial charge in [0.25, 0.3) is 0 Å². The maximum absolute atomic E-state index is 11.7. The Bertz CT molecular complexity index is 534. The van der Waals surface area contributed by atoms with E-state index in [-0.39, 0.29) is 0 Å². The fourth-order valence-electron chi connectivity index (χ4n) is 2.56. The van der Waals surface area contributed by atoms with Crippen LogP contribution in [0.15, 0.2) is 28.0 Å². The van der Waals surface area contributed by atoms with Gasteiger partial charge in [-0.15, -0.1) is 11.8 Å². The second-order valence-corrected chi connectivity index (χ2v) is 7.99. The number of thioether (sulfide) groups is 1. The van der Waals surface area contributed by atoms with Crippen LogP contribution in [0.2, 0.25) is 0 Å². The van der Waals surface area contributed by atoms with E-state index in [1.54, 1.807) is 6.07 Å². The second-order valence-electron chi connectivity index (χ2n) is 5.15. The Morgan fingerprint density at radius 1 is 1.32 bits per heavy atom. The summed E-state index contributed by atoms with van der Waals surface area (Å²) in [4.78, 5) is 1.32. The maximum Gasteiger partial charge on any atom is 0.176 e. The van der Waals surface area contributed by atoms with Gasteiger partial charge in [-0.3, -0.25) is 0 Å². The molecular weight excluding hydrogens is 278 g/mol. The minimum Gasteiger partial charge on any atom is -0.317 e.